The van der Waals surface area contributed by atoms with Gasteiger partial charge in [0.15, 0.2) is 0 Å². The van der Waals surface area contributed by atoms with Crippen LogP contribution in [-0.2, 0) is 5.41 Å². The van der Waals surface area contributed by atoms with E-state index in [9.17, 15) is 0 Å². The largest absolute Gasteiger partial charge is 0.311 e. The molecule has 0 atom stereocenters. The molecule has 0 aliphatic heterocycles. The Balaban J connectivity index is 0.932. The summed E-state index contributed by atoms with van der Waals surface area (Å²) in [4.78, 5) is 4.91. The Morgan fingerprint density at radius 1 is 0.393 bits per heavy atom. The number of fused-ring (bicyclic) bond motifs is 3. The monoisotopic (exact) mass is 810 g/mol. The van der Waals surface area contributed by atoms with Gasteiger partial charge < -0.3 is 9.80 Å². The first-order valence-corrected chi connectivity index (χ1v) is 23.9. The maximum Gasteiger partial charge on any atom is 0.0468 e. The van der Waals surface area contributed by atoms with Gasteiger partial charge in [-0.1, -0.05) is 110 Å². The number of nitrogens with zero attached hydrogens (tertiary/aromatic N) is 2. The topological polar surface area (TPSA) is 6.48 Å². The first kappa shape index (κ1) is 37.1. The fourth-order valence-electron chi connectivity index (χ4n) is 13.0. The van der Waals surface area contributed by atoms with Crippen molar-refractivity contribution >= 4 is 65.6 Å². The Hall–Kier alpha value is -5.64. The first-order valence-electron chi connectivity index (χ1n) is 23.1. The number of thiophene rings is 1. The van der Waals surface area contributed by atoms with Crippen LogP contribution in [0.15, 0.2) is 176 Å². The Morgan fingerprint density at radius 2 is 0.852 bits per heavy atom. The average molecular weight is 811 g/mol. The van der Waals surface area contributed by atoms with E-state index in [1.54, 1.807) is 0 Å². The molecular formula is C58H54N2S. The fourth-order valence-corrected chi connectivity index (χ4v) is 14.1. The summed E-state index contributed by atoms with van der Waals surface area (Å²) < 4.78 is 2.68. The SMILES string of the molecule is c1ccc(N(c2ccc(C3CCCCC3)cc2)c2ccc(C3(c4ccc(N(c5ccccc5)c5ccc6sc7ccccc7c6c5)cc4)C4CC5CC(C4)CC3C5)cc2)cc1. The smallest absolute Gasteiger partial charge is 0.0468 e. The first-order chi connectivity index (χ1) is 30.2. The molecular weight excluding hydrogens is 757 g/mol. The van der Waals surface area contributed by atoms with E-state index in [1.165, 1.54) is 135 Å². The molecule has 5 saturated carbocycles. The van der Waals surface area contributed by atoms with Crippen LogP contribution in [0.2, 0.25) is 0 Å². The van der Waals surface area contributed by atoms with E-state index >= 15 is 0 Å². The number of rotatable bonds is 9. The number of anilines is 6. The van der Waals surface area contributed by atoms with Gasteiger partial charge in [-0.3, -0.25) is 0 Å². The highest BCUT2D eigenvalue weighted by atomic mass is 32.1. The highest BCUT2D eigenvalue weighted by Crippen LogP contribution is 2.65. The van der Waals surface area contributed by atoms with Crippen LogP contribution < -0.4 is 9.80 Å². The van der Waals surface area contributed by atoms with Crippen molar-refractivity contribution in [1.29, 1.82) is 0 Å². The van der Waals surface area contributed by atoms with Gasteiger partial charge in [0, 0.05) is 59.7 Å². The van der Waals surface area contributed by atoms with Crippen LogP contribution in [0.3, 0.4) is 0 Å². The van der Waals surface area contributed by atoms with Gasteiger partial charge in [0.1, 0.15) is 0 Å². The lowest BCUT2D eigenvalue weighted by Gasteiger charge is -2.62. The second kappa shape index (κ2) is 15.4. The Labute approximate surface area is 365 Å². The van der Waals surface area contributed by atoms with E-state index in [1.807, 2.05) is 11.3 Å². The summed E-state index contributed by atoms with van der Waals surface area (Å²) in [6.45, 7) is 0. The molecule has 5 aliphatic carbocycles. The van der Waals surface area contributed by atoms with Crippen LogP contribution in [0.1, 0.15) is 86.8 Å². The molecule has 2 nitrogen and oxygen atoms in total. The van der Waals surface area contributed by atoms with E-state index in [4.69, 9.17) is 0 Å². The van der Waals surface area contributed by atoms with Gasteiger partial charge in [0.05, 0.1) is 0 Å². The molecule has 0 amide bonds. The molecule has 4 bridgehead atoms. The van der Waals surface area contributed by atoms with Gasteiger partial charge in [0.2, 0.25) is 0 Å². The van der Waals surface area contributed by atoms with E-state index in [0.717, 1.165) is 11.8 Å². The van der Waals surface area contributed by atoms with Crippen LogP contribution in [0.25, 0.3) is 20.2 Å². The van der Waals surface area contributed by atoms with Gasteiger partial charge in [-0.15, -0.1) is 11.3 Å². The second-order valence-corrected chi connectivity index (χ2v) is 19.9. The second-order valence-electron chi connectivity index (χ2n) is 18.8. The summed E-state index contributed by atoms with van der Waals surface area (Å²) in [6.07, 6.45) is 13.6. The lowest BCUT2D eigenvalue weighted by Crippen LogP contribution is -2.56. The van der Waals surface area contributed by atoms with Crippen LogP contribution in [0.4, 0.5) is 34.1 Å². The van der Waals surface area contributed by atoms with Crippen LogP contribution in [0, 0.1) is 23.7 Å². The summed E-state index contributed by atoms with van der Waals surface area (Å²) in [5, 5.41) is 2.66. The van der Waals surface area contributed by atoms with Gasteiger partial charge in [-0.2, -0.15) is 0 Å². The molecule has 7 aromatic carbocycles. The minimum Gasteiger partial charge on any atom is -0.311 e. The highest BCUT2D eigenvalue weighted by molar-refractivity contribution is 7.25. The zero-order chi connectivity index (χ0) is 40.3. The fraction of sp³-hybridized carbons (Fsp3) is 0.276. The molecule has 0 radical (unpaired) electrons. The van der Waals surface area contributed by atoms with E-state index in [2.05, 4.69) is 186 Å². The molecule has 5 aliphatic rings. The molecule has 8 aromatic rings. The lowest BCUT2D eigenvalue weighted by atomic mass is 9.42. The van der Waals surface area contributed by atoms with Crippen molar-refractivity contribution < 1.29 is 0 Å². The summed E-state index contributed by atoms with van der Waals surface area (Å²) >= 11 is 1.88. The predicted octanol–water partition coefficient (Wildman–Crippen LogP) is 16.8. The quantitative estimate of drug-likeness (QED) is 0.143. The highest BCUT2D eigenvalue weighted by Gasteiger charge is 2.58. The maximum atomic E-state index is 2.52. The van der Waals surface area contributed by atoms with Crippen molar-refractivity contribution in [3.8, 4) is 0 Å². The minimum absolute atomic E-state index is 0.00970. The molecule has 0 unspecified atom stereocenters. The van der Waals surface area contributed by atoms with Crippen molar-refractivity contribution in [3.05, 3.63) is 193 Å². The van der Waals surface area contributed by atoms with Crippen molar-refractivity contribution in [2.75, 3.05) is 9.80 Å². The molecule has 0 N–H and O–H groups in total. The molecule has 5 fully saturated rings. The van der Waals surface area contributed by atoms with E-state index in [0.29, 0.717) is 17.8 Å². The van der Waals surface area contributed by atoms with Gasteiger partial charge >= 0.3 is 0 Å². The van der Waals surface area contributed by atoms with Crippen LogP contribution in [-0.4, -0.2) is 0 Å². The molecule has 1 aromatic heterocycles. The molecule has 0 saturated heterocycles. The third kappa shape index (κ3) is 6.42. The number of hydrogen-bond acceptors (Lipinski definition) is 3. The molecule has 0 spiro atoms. The normalized spacial score (nSPS) is 23.4. The van der Waals surface area contributed by atoms with Crippen molar-refractivity contribution in [3.63, 3.8) is 0 Å². The van der Waals surface area contributed by atoms with Gasteiger partial charge in [0.25, 0.3) is 0 Å². The third-order valence-corrected chi connectivity index (χ3v) is 16.7. The molecule has 13 rings (SSSR count). The molecule has 61 heavy (non-hydrogen) atoms. The van der Waals surface area contributed by atoms with E-state index in [-0.39, 0.29) is 5.41 Å². The predicted molar refractivity (Wildman–Crippen MR) is 259 cm³/mol. The Kier molecular flexibility index (Phi) is 9.36. The number of para-hydroxylation sites is 2. The molecule has 302 valence electrons. The average Bonchev–Trinajstić information content (AvgIpc) is 3.69. The standard InChI is InChI=1S/C58H54N2S/c1-4-12-42(13-5-1)43-20-26-50(27-21-43)59(48-14-6-2-7-15-48)51-28-22-44(23-29-51)58(46-35-40-34-41(37-46)38-47(58)36-40)45-24-30-52(31-25-45)60(49-16-8-3-9-17-49)53-32-33-57-55(39-53)54-18-10-11-19-56(54)61-57/h2-3,6-11,14-33,39-42,46-47H,1,4-5,12-13,34-38H2. The van der Waals surface area contributed by atoms with Gasteiger partial charge in [-0.05, 0) is 176 Å². The summed E-state index contributed by atoms with van der Waals surface area (Å²) in [7, 11) is 0. The summed E-state index contributed by atoms with van der Waals surface area (Å²) in [5.74, 6) is 3.80. The minimum atomic E-state index is 0.00970. The maximum absolute atomic E-state index is 2.52. The van der Waals surface area contributed by atoms with Crippen molar-refractivity contribution in [2.45, 2.75) is 75.5 Å². The Morgan fingerprint density at radius 3 is 1.43 bits per heavy atom. The van der Waals surface area contributed by atoms with Crippen LogP contribution >= 0.6 is 11.3 Å². The molecule has 1 heterocycles. The number of hydrogen-bond donors (Lipinski definition) is 0. The van der Waals surface area contributed by atoms with Crippen LogP contribution in [0.5, 0.6) is 0 Å². The Bertz CT molecular complexity index is 2750. The van der Waals surface area contributed by atoms with Gasteiger partial charge in [-0.25, -0.2) is 0 Å². The summed E-state index contributed by atoms with van der Waals surface area (Å²) in [5.41, 5.74) is 11.8. The van der Waals surface area contributed by atoms with E-state index < -0.39 is 0 Å². The lowest BCUT2D eigenvalue weighted by molar-refractivity contribution is -0.0418. The van der Waals surface area contributed by atoms with Crippen molar-refractivity contribution in [2.24, 2.45) is 23.7 Å². The zero-order valence-corrected chi connectivity index (χ0v) is 35.8. The van der Waals surface area contributed by atoms with Crippen molar-refractivity contribution in [1.82, 2.24) is 0 Å². The summed E-state index contributed by atoms with van der Waals surface area (Å²) in [6, 6.07) is 67.1. The molecule has 3 heteroatoms. The number of benzene rings is 7. The third-order valence-electron chi connectivity index (χ3n) is 15.5. The zero-order valence-electron chi connectivity index (χ0n) is 35.0.